The minimum Gasteiger partial charge on any atom is -0.284 e. The van der Waals surface area contributed by atoms with Gasteiger partial charge in [0.05, 0.1) is 16.1 Å². The van der Waals surface area contributed by atoms with Gasteiger partial charge in [0.1, 0.15) is 0 Å². The number of rotatable bonds is 5. The van der Waals surface area contributed by atoms with Crippen LogP contribution in [0.5, 0.6) is 0 Å². The highest BCUT2D eigenvalue weighted by Crippen LogP contribution is 2.44. The van der Waals surface area contributed by atoms with Crippen LogP contribution in [0, 0.1) is 6.92 Å². The van der Waals surface area contributed by atoms with Crippen LogP contribution in [0.3, 0.4) is 0 Å². The Hall–Kier alpha value is -3.36. The molecule has 0 radical (unpaired) electrons. The lowest BCUT2D eigenvalue weighted by molar-refractivity contribution is -0.132. The molecule has 0 saturated heterocycles. The molecular formula is C23H21F3N5OS+. The highest BCUT2D eigenvalue weighted by molar-refractivity contribution is 8.30. The van der Waals surface area contributed by atoms with E-state index in [-0.39, 0.29) is 6.42 Å². The van der Waals surface area contributed by atoms with E-state index in [0.29, 0.717) is 28.4 Å². The van der Waals surface area contributed by atoms with Crippen molar-refractivity contribution in [1.29, 1.82) is 0 Å². The number of carbonyl (C=O) groups is 1. The van der Waals surface area contributed by atoms with Crippen molar-refractivity contribution in [2.75, 3.05) is 12.3 Å². The largest absolute Gasteiger partial charge is 0.389 e. The Labute approximate surface area is 190 Å². The van der Waals surface area contributed by atoms with Gasteiger partial charge >= 0.3 is 12.1 Å². The van der Waals surface area contributed by atoms with Crippen LogP contribution < -0.4 is 4.91 Å². The van der Waals surface area contributed by atoms with Gasteiger partial charge < -0.3 is 0 Å². The first kappa shape index (κ1) is 22.8. The van der Waals surface area contributed by atoms with E-state index in [1.165, 1.54) is 0 Å². The summed E-state index contributed by atoms with van der Waals surface area (Å²) in [4.78, 5) is 25.6. The standard InChI is InChI=1S/C23H21F3N5OS/c1-15-13-18(33-12-11-28-21(33)8-9-23(24,25)26)6-7-19(15)22(32)30-31-29-17-5-4-16-3-2-10-27-20(16)14-17/h2-7,10,13-14,33H,8-9,11-12H2,1H3/q+1. The van der Waals surface area contributed by atoms with E-state index >= 15 is 0 Å². The molecule has 33 heavy (non-hydrogen) atoms. The summed E-state index contributed by atoms with van der Waals surface area (Å²) in [5.41, 5.74) is 2.36. The van der Waals surface area contributed by atoms with E-state index in [1.807, 2.05) is 24.3 Å². The molecule has 1 aromatic heterocycles. The topological polar surface area (TPSA) is 81.1 Å². The Kier molecular flexibility index (Phi) is 6.67. The summed E-state index contributed by atoms with van der Waals surface area (Å²) in [6.07, 6.45) is -3.45. The average molecular weight is 473 g/mol. The molecule has 0 saturated carbocycles. The van der Waals surface area contributed by atoms with Crippen LogP contribution in [-0.4, -0.2) is 34.4 Å². The zero-order valence-corrected chi connectivity index (χ0v) is 18.6. The molecule has 2 heterocycles. The van der Waals surface area contributed by atoms with Gasteiger partial charge in [0.15, 0.2) is 10.8 Å². The molecule has 0 N–H and O–H groups in total. The minimum atomic E-state index is -4.20. The number of fused-ring (bicyclic) bond motifs is 1. The number of hydrogen-bond acceptors (Lipinski definition) is 4. The molecule has 0 bridgehead atoms. The normalized spacial score (nSPS) is 16.8. The number of alkyl halides is 3. The van der Waals surface area contributed by atoms with E-state index in [1.54, 1.807) is 37.4 Å². The molecule has 1 aliphatic heterocycles. The summed E-state index contributed by atoms with van der Waals surface area (Å²) < 4.78 is 37.8. The van der Waals surface area contributed by atoms with E-state index < -0.39 is 29.4 Å². The van der Waals surface area contributed by atoms with Crippen LogP contribution in [0.4, 0.5) is 18.9 Å². The van der Waals surface area contributed by atoms with Gasteiger partial charge in [-0.05, 0) is 53.8 Å². The maximum Gasteiger partial charge on any atom is 0.389 e. The number of benzene rings is 2. The lowest BCUT2D eigenvalue weighted by Crippen LogP contribution is -2.10. The van der Waals surface area contributed by atoms with Crippen LogP contribution in [0.15, 0.2) is 74.8 Å². The number of amides is 1. The summed E-state index contributed by atoms with van der Waals surface area (Å²) >= 11 is 0. The average Bonchev–Trinajstić information content (AvgIpc) is 3.26. The number of aliphatic imine (C=N–C) groups is 1. The fraction of sp³-hybridized carbons (Fsp3) is 0.261. The number of thiol groups is 1. The van der Waals surface area contributed by atoms with Gasteiger partial charge in [-0.3, -0.25) is 14.8 Å². The quantitative estimate of drug-likeness (QED) is 0.276. The van der Waals surface area contributed by atoms with Crippen LogP contribution >= 0.6 is 10.9 Å². The number of aryl methyl sites for hydroxylation is 1. The second-order valence-corrected chi connectivity index (χ2v) is 9.87. The second kappa shape index (κ2) is 9.64. The predicted octanol–water partition coefficient (Wildman–Crippen LogP) is 6.10. The maximum atomic E-state index is 12.6. The SMILES string of the molecule is Cc1cc([SH]2CCN=C2CCC(F)(F)F)ccc1C(=O)N=[N+]=Nc1ccc2cccnc2c1. The van der Waals surface area contributed by atoms with Gasteiger partial charge in [-0.1, -0.05) is 12.1 Å². The molecule has 1 unspecified atom stereocenters. The van der Waals surface area contributed by atoms with Crippen LogP contribution in [-0.2, 0) is 0 Å². The molecular weight excluding hydrogens is 451 g/mol. The fourth-order valence-electron chi connectivity index (χ4n) is 3.58. The molecule has 4 rings (SSSR count). The van der Waals surface area contributed by atoms with Gasteiger partial charge in [0.25, 0.3) is 0 Å². The smallest absolute Gasteiger partial charge is 0.284 e. The first-order valence-corrected chi connectivity index (χ1v) is 11.8. The van der Waals surface area contributed by atoms with Gasteiger partial charge in [0.2, 0.25) is 10.0 Å². The monoisotopic (exact) mass is 472 g/mol. The fourth-order valence-corrected chi connectivity index (χ4v) is 5.95. The summed E-state index contributed by atoms with van der Waals surface area (Å²) in [5, 5.41) is 9.26. The second-order valence-electron chi connectivity index (χ2n) is 7.54. The van der Waals surface area contributed by atoms with Crippen molar-refractivity contribution in [2.24, 2.45) is 15.2 Å². The molecule has 0 aliphatic carbocycles. The molecule has 10 heteroatoms. The van der Waals surface area contributed by atoms with Crippen molar-refractivity contribution in [3.8, 4) is 0 Å². The molecule has 0 fully saturated rings. The number of halogens is 3. The zero-order valence-electron chi connectivity index (χ0n) is 17.8. The number of aromatic nitrogens is 1. The highest BCUT2D eigenvalue weighted by Gasteiger charge is 2.30. The number of nitrogens with zero attached hydrogens (tertiary/aromatic N) is 5. The van der Waals surface area contributed by atoms with Gasteiger partial charge in [-0.2, -0.15) is 24.1 Å². The summed E-state index contributed by atoms with van der Waals surface area (Å²) in [6.45, 7) is 2.31. The van der Waals surface area contributed by atoms with Crippen LogP contribution in [0.25, 0.3) is 10.9 Å². The first-order valence-electron chi connectivity index (χ1n) is 10.3. The van der Waals surface area contributed by atoms with E-state index in [4.69, 9.17) is 0 Å². The van der Waals surface area contributed by atoms with Crippen molar-refractivity contribution < 1.29 is 18.0 Å². The summed E-state index contributed by atoms with van der Waals surface area (Å²) in [5.74, 6) is 0.195. The zero-order chi connectivity index (χ0) is 23.4. The van der Waals surface area contributed by atoms with Crippen LogP contribution in [0.2, 0.25) is 0 Å². The molecule has 3 aromatic rings. The van der Waals surface area contributed by atoms with Crippen molar-refractivity contribution in [3.05, 3.63) is 65.9 Å². The molecule has 1 amide bonds. The maximum absolute atomic E-state index is 12.6. The van der Waals surface area contributed by atoms with E-state index in [9.17, 15) is 18.0 Å². The van der Waals surface area contributed by atoms with E-state index in [2.05, 4.69) is 25.1 Å². The van der Waals surface area contributed by atoms with Crippen molar-refractivity contribution in [3.63, 3.8) is 0 Å². The predicted molar refractivity (Wildman–Crippen MR) is 124 cm³/mol. The molecule has 2 aromatic carbocycles. The third-order valence-corrected chi connectivity index (χ3v) is 7.74. The molecule has 170 valence electrons. The lowest BCUT2D eigenvalue weighted by Gasteiger charge is -2.19. The molecule has 6 nitrogen and oxygen atoms in total. The number of carbonyl (C=O) groups excluding carboxylic acids is 1. The highest BCUT2D eigenvalue weighted by atomic mass is 32.2. The molecule has 0 spiro atoms. The molecule has 1 atom stereocenters. The van der Waals surface area contributed by atoms with Crippen molar-refractivity contribution in [2.45, 2.75) is 30.8 Å². The van der Waals surface area contributed by atoms with E-state index in [0.717, 1.165) is 21.6 Å². The minimum absolute atomic E-state index is 0.0745. The number of hydrogen-bond donors (Lipinski definition) is 1. The third kappa shape index (κ3) is 5.71. The first-order chi connectivity index (χ1) is 15.8. The van der Waals surface area contributed by atoms with Crippen molar-refractivity contribution >= 4 is 38.4 Å². The van der Waals surface area contributed by atoms with Gasteiger partial charge in [-0.25, -0.2) is 0 Å². The Morgan fingerprint density at radius 2 is 2.03 bits per heavy atom. The molecule has 1 aliphatic rings. The Bertz CT molecular complexity index is 1300. The van der Waals surface area contributed by atoms with Gasteiger partial charge in [0, 0.05) is 36.7 Å². The Morgan fingerprint density at radius 3 is 2.82 bits per heavy atom. The number of pyridine rings is 1. The summed E-state index contributed by atoms with van der Waals surface area (Å²) in [7, 11) is -0.900. The Morgan fingerprint density at radius 1 is 1.18 bits per heavy atom. The van der Waals surface area contributed by atoms with Crippen LogP contribution in [0.1, 0.15) is 28.8 Å². The van der Waals surface area contributed by atoms with Crippen molar-refractivity contribution in [1.82, 2.24) is 9.90 Å². The van der Waals surface area contributed by atoms with Gasteiger partial charge in [-0.15, -0.1) is 0 Å². The Balaban J connectivity index is 1.47. The lowest BCUT2D eigenvalue weighted by atomic mass is 10.1. The third-order valence-electron chi connectivity index (χ3n) is 5.20. The summed E-state index contributed by atoms with van der Waals surface area (Å²) in [6, 6.07) is 14.4.